The second-order valence-electron chi connectivity index (χ2n) is 5.46. The van der Waals surface area contributed by atoms with Crippen LogP contribution in [0.2, 0.25) is 0 Å². The highest BCUT2D eigenvalue weighted by Gasteiger charge is 2.22. The molecule has 1 heterocycles. The van der Waals surface area contributed by atoms with Crippen molar-refractivity contribution in [3.05, 3.63) is 42.1 Å². The number of anilines is 1. The van der Waals surface area contributed by atoms with Gasteiger partial charge in [0.2, 0.25) is 5.75 Å². The van der Waals surface area contributed by atoms with Crippen LogP contribution in [0, 0.1) is 0 Å². The number of hydrogen-bond acceptors (Lipinski definition) is 5. The van der Waals surface area contributed by atoms with Gasteiger partial charge in [-0.25, -0.2) is 0 Å². The third-order valence-corrected chi connectivity index (χ3v) is 4.04. The summed E-state index contributed by atoms with van der Waals surface area (Å²) in [6.45, 7) is 0. The van der Waals surface area contributed by atoms with Crippen molar-refractivity contribution >= 4 is 22.5 Å². The molecule has 0 saturated carbocycles. The maximum absolute atomic E-state index is 12.8. The van der Waals surface area contributed by atoms with Gasteiger partial charge in [-0.3, -0.25) is 4.79 Å². The Bertz CT molecular complexity index is 948. The number of ether oxygens (including phenoxy) is 4. The van der Waals surface area contributed by atoms with Gasteiger partial charge in [-0.15, -0.1) is 0 Å². The fourth-order valence-corrected chi connectivity index (χ4v) is 2.84. The molecule has 3 rings (SSSR count). The average molecular weight is 356 g/mol. The number of hydrogen-bond donors (Lipinski definition) is 2. The number of aromatic amines is 1. The van der Waals surface area contributed by atoms with Gasteiger partial charge in [-0.1, -0.05) is 6.07 Å². The van der Waals surface area contributed by atoms with Gasteiger partial charge in [0, 0.05) is 24.0 Å². The molecule has 0 radical (unpaired) electrons. The molecule has 2 aromatic carbocycles. The molecule has 0 aliphatic rings. The lowest BCUT2D eigenvalue weighted by atomic mass is 10.1. The number of nitrogens with one attached hydrogen (secondary N) is 2. The number of benzene rings is 2. The maximum Gasteiger partial charge on any atom is 0.257 e. The topological polar surface area (TPSA) is 81.8 Å². The molecule has 1 amide bonds. The molecule has 0 aliphatic heterocycles. The average Bonchev–Trinajstić information content (AvgIpc) is 3.10. The molecule has 136 valence electrons. The lowest BCUT2D eigenvalue weighted by Crippen LogP contribution is -2.11. The summed E-state index contributed by atoms with van der Waals surface area (Å²) in [5.74, 6) is 1.75. The van der Waals surface area contributed by atoms with Crippen molar-refractivity contribution < 1.29 is 23.7 Å². The standard InChI is InChI=1S/C19H20N2O5/c1-23-12-7-5-6-11(8-12)21-19(22)13-10-20-14-9-15(24-2)17(25-3)18(26-4)16(13)14/h5-10,20H,1-4H3,(H,21,22). The van der Waals surface area contributed by atoms with Crippen molar-refractivity contribution in [3.63, 3.8) is 0 Å². The number of carbonyl (C=O) groups excluding carboxylic acids is 1. The quantitative estimate of drug-likeness (QED) is 0.707. The molecule has 0 aliphatic carbocycles. The number of fused-ring (bicyclic) bond motifs is 1. The van der Waals surface area contributed by atoms with Crippen LogP contribution >= 0.6 is 0 Å². The van der Waals surface area contributed by atoms with Crippen molar-refractivity contribution in [3.8, 4) is 23.0 Å². The van der Waals surface area contributed by atoms with E-state index in [1.165, 1.54) is 14.2 Å². The zero-order chi connectivity index (χ0) is 18.7. The number of aromatic nitrogens is 1. The van der Waals surface area contributed by atoms with Gasteiger partial charge >= 0.3 is 0 Å². The molecule has 3 aromatic rings. The Morgan fingerprint density at radius 2 is 1.73 bits per heavy atom. The third kappa shape index (κ3) is 2.99. The van der Waals surface area contributed by atoms with Gasteiger partial charge in [-0.05, 0) is 12.1 Å². The molecule has 0 atom stereocenters. The van der Waals surface area contributed by atoms with Gasteiger partial charge in [-0.2, -0.15) is 0 Å². The van der Waals surface area contributed by atoms with Gasteiger partial charge < -0.3 is 29.2 Å². The van der Waals surface area contributed by atoms with E-state index in [1.807, 2.05) is 6.07 Å². The van der Waals surface area contributed by atoms with Crippen LogP contribution in [-0.4, -0.2) is 39.3 Å². The van der Waals surface area contributed by atoms with Crippen molar-refractivity contribution in [1.29, 1.82) is 0 Å². The molecule has 0 unspecified atom stereocenters. The van der Waals surface area contributed by atoms with Crippen molar-refractivity contribution in [2.45, 2.75) is 0 Å². The highest BCUT2D eigenvalue weighted by Crippen LogP contribution is 2.44. The first-order valence-corrected chi connectivity index (χ1v) is 7.88. The van der Waals surface area contributed by atoms with Crippen LogP contribution in [0.15, 0.2) is 36.5 Å². The highest BCUT2D eigenvalue weighted by molar-refractivity contribution is 6.15. The summed E-state index contributed by atoms with van der Waals surface area (Å²) in [7, 11) is 6.16. The van der Waals surface area contributed by atoms with Crippen LogP contribution in [0.5, 0.6) is 23.0 Å². The molecule has 1 aromatic heterocycles. The zero-order valence-electron chi connectivity index (χ0n) is 15.0. The molecule has 7 heteroatoms. The highest BCUT2D eigenvalue weighted by atomic mass is 16.5. The van der Waals surface area contributed by atoms with E-state index in [9.17, 15) is 4.79 Å². The van der Waals surface area contributed by atoms with Crippen LogP contribution in [-0.2, 0) is 0 Å². The molecule has 0 fully saturated rings. The van der Waals surface area contributed by atoms with Crippen LogP contribution in [0.4, 0.5) is 5.69 Å². The minimum absolute atomic E-state index is 0.282. The van der Waals surface area contributed by atoms with E-state index in [0.29, 0.717) is 45.2 Å². The fraction of sp³-hybridized carbons (Fsp3) is 0.211. The fourth-order valence-electron chi connectivity index (χ4n) is 2.84. The molecular formula is C19H20N2O5. The minimum Gasteiger partial charge on any atom is -0.497 e. The van der Waals surface area contributed by atoms with Gasteiger partial charge in [0.05, 0.1) is 44.9 Å². The van der Waals surface area contributed by atoms with E-state index in [1.54, 1.807) is 44.7 Å². The monoisotopic (exact) mass is 356 g/mol. The Kier molecular flexibility index (Phi) is 4.88. The summed E-state index contributed by atoms with van der Waals surface area (Å²) in [5, 5.41) is 3.48. The largest absolute Gasteiger partial charge is 0.497 e. The zero-order valence-corrected chi connectivity index (χ0v) is 15.0. The molecule has 0 saturated heterocycles. The first-order valence-electron chi connectivity index (χ1n) is 7.88. The summed E-state index contributed by atoms with van der Waals surface area (Å²) in [4.78, 5) is 15.9. The second kappa shape index (κ2) is 7.26. The molecule has 7 nitrogen and oxygen atoms in total. The van der Waals surface area contributed by atoms with Crippen LogP contribution in [0.3, 0.4) is 0 Å². The van der Waals surface area contributed by atoms with Gasteiger partial charge in [0.1, 0.15) is 5.75 Å². The van der Waals surface area contributed by atoms with E-state index in [0.717, 1.165) is 0 Å². The van der Waals surface area contributed by atoms with Gasteiger partial charge in [0.15, 0.2) is 11.5 Å². The van der Waals surface area contributed by atoms with Crippen LogP contribution in [0.1, 0.15) is 10.4 Å². The predicted octanol–water partition coefficient (Wildman–Crippen LogP) is 3.45. The Labute approximate surface area is 150 Å². The Balaban J connectivity index is 2.05. The molecule has 0 bridgehead atoms. The van der Waals surface area contributed by atoms with E-state index in [4.69, 9.17) is 18.9 Å². The second-order valence-corrected chi connectivity index (χ2v) is 5.46. The molecular weight excluding hydrogens is 336 g/mol. The first kappa shape index (κ1) is 17.5. The molecule has 26 heavy (non-hydrogen) atoms. The van der Waals surface area contributed by atoms with Crippen LogP contribution in [0.25, 0.3) is 10.9 Å². The number of carbonyl (C=O) groups is 1. The summed E-state index contributed by atoms with van der Waals surface area (Å²) in [6.07, 6.45) is 1.63. The van der Waals surface area contributed by atoms with E-state index in [-0.39, 0.29) is 5.91 Å². The molecule has 2 N–H and O–H groups in total. The predicted molar refractivity (Wildman–Crippen MR) is 98.9 cm³/mol. The Morgan fingerprint density at radius 3 is 2.38 bits per heavy atom. The van der Waals surface area contributed by atoms with Crippen LogP contribution < -0.4 is 24.3 Å². The SMILES string of the molecule is COc1cccc(NC(=O)c2c[nH]c3cc(OC)c(OC)c(OC)c23)c1. The summed E-state index contributed by atoms with van der Waals surface area (Å²) >= 11 is 0. The maximum atomic E-state index is 12.8. The number of amides is 1. The lowest BCUT2D eigenvalue weighted by Gasteiger charge is -2.14. The third-order valence-electron chi connectivity index (χ3n) is 4.04. The van der Waals surface area contributed by atoms with Crippen molar-refractivity contribution in [1.82, 2.24) is 4.98 Å². The first-order chi connectivity index (χ1) is 12.6. The Morgan fingerprint density at radius 1 is 0.962 bits per heavy atom. The van der Waals surface area contributed by atoms with E-state index in [2.05, 4.69) is 10.3 Å². The van der Waals surface area contributed by atoms with Crippen molar-refractivity contribution in [2.24, 2.45) is 0 Å². The van der Waals surface area contributed by atoms with Crippen molar-refractivity contribution in [2.75, 3.05) is 33.8 Å². The summed E-state index contributed by atoms with van der Waals surface area (Å²) in [5.41, 5.74) is 1.76. The van der Waals surface area contributed by atoms with Gasteiger partial charge in [0.25, 0.3) is 5.91 Å². The van der Waals surface area contributed by atoms with E-state index >= 15 is 0 Å². The Hall–Kier alpha value is -3.35. The smallest absolute Gasteiger partial charge is 0.257 e. The lowest BCUT2D eigenvalue weighted by molar-refractivity contribution is 0.102. The number of rotatable bonds is 6. The number of H-pyrrole nitrogens is 1. The summed E-state index contributed by atoms with van der Waals surface area (Å²) in [6, 6.07) is 8.91. The minimum atomic E-state index is -0.282. The van der Waals surface area contributed by atoms with E-state index < -0.39 is 0 Å². The molecule has 0 spiro atoms. The number of methoxy groups -OCH3 is 4. The normalized spacial score (nSPS) is 10.5. The summed E-state index contributed by atoms with van der Waals surface area (Å²) < 4.78 is 21.4.